The van der Waals surface area contributed by atoms with Crippen LogP contribution in [-0.4, -0.2) is 42.4 Å². The molecule has 2 heterocycles. The van der Waals surface area contributed by atoms with Crippen molar-refractivity contribution in [1.29, 1.82) is 10.8 Å². The fourth-order valence-corrected chi connectivity index (χ4v) is 3.22. The van der Waals surface area contributed by atoms with Crippen molar-refractivity contribution >= 4 is 11.6 Å². The van der Waals surface area contributed by atoms with Crippen molar-refractivity contribution in [3.05, 3.63) is 71.3 Å². The SMILES string of the molecule is COCCOCc1cccc(CN/C=C(\N=N)c2cc(-c3cccc(C#N)c3OC)nc(N)n2)n1. The maximum atomic E-state index is 9.37. The summed E-state index contributed by atoms with van der Waals surface area (Å²) in [5.41, 5.74) is 17.1. The average molecular weight is 475 g/mol. The van der Waals surface area contributed by atoms with Crippen molar-refractivity contribution in [1.82, 2.24) is 20.3 Å². The fourth-order valence-electron chi connectivity index (χ4n) is 3.22. The van der Waals surface area contributed by atoms with Crippen LogP contribution in [0.25, 0.3) is 17.0 Å². The van der Waals surface area contributed by atoms with E-state index in [2.05, 4.69) is 31.5 Å². The van der Waals surface area contributed by atoms with Crippen LogP contribution in [-0.2, 0) is 22.6 Å². The minimum absolute atomic E-state index is 0.000644. The van der Waals surface area contributed by atoms with E-state index in [1.54, 1.807) is 37.6 Å². The third kappa shape index (κ3) is 6.80. The van der Waals surface area contributed by atoms with Gasteiger partial charge in [0.25, 0.3) is 0 Å². The number of methoxy groups -OCH3 is 2. The number of hydrogen-bond donors (Lipinski definition) is 3. The Morgan fingerprint density at radius 1 is 1.14 bits per heavy atom. The Morgan fingerprint density at radius 2 is 1.94 bits per heavy atom. The number of pyridine rings is 1. The lowest BCUT2D eigenvalue weighted by molar-refractivity contribution is 0.0601. The largest absolute Gasteiger partial charge is 0.495 e. The number of nitrogens with zero attached hydrogens (tertiary/aromatic N) is 5. The minimum atomic E-state index is -0.000644. The first kappa shape index (κ1) is 25.2. The molecule has 0 aliphatic carbocycles. The summed E-state index contributed by atoms with van der Waals surface area (Å²) in [6.45, 7) is 1.81. The van der Waals surface area contributed by atoms with E-state index in [0.29, 0.717) is 54.6 Å². The number of hydrogen-bond acceptors (Lipinski definition) is 11. The van der Waals surface area contributed by atoms with Gasteiger partial charge in [0.15, 0.2) is 0 Å². The summed E-state index contributed by atoms with van der Waals surface area (Å²) in [4.78, 5) is 13.0. The van der Waals surface area contributed by atoms with E-state index >= 15 is 0 Å². The van der Waals surface area contributed by atoms with Crippen LogP contribution >= 0.6 is 0 Å². The van der Waals surface area contributed by atoms with Gasteiger partial charge in [-0.2, -0.15) is 10.4 Å². The molecular weight excluding hydrogens is 448 g/mol. The molecule has 0 unspecified atom stereocenters. The zero-order chi connectivity index (χ0) is 25.0. The van der Waals surface area contributed by atoms with Gasteiger partial charge in [0.1, 0.15) is 17.5 Å². The van der Waals surface area contributed by atoms with E-state index in [1.807, 2.05) is 18.2 Å². The number of aromatic nitrogens is 3. The van der Waals surface area contributed by atoms with Gasteiger partial charge >= 0.3 is 0 Å². The van der Waals surface area contributed by atoms with Crippen molar-refractivity contribution in [3.63, 3.8) is 0 Å². The van der Waals surface area contributed by atoms with Gasteiger partial charge in [-0.3, -0.25) is 4.98 Å². The molecule has 3 rings (SSSR count). The lowest BCUT2D eigenvalue weighted by Crippen LogP contribution is -2.10. The zero-order valence-electron chi connectivity index (χ0n) is 19.5. The zero-order valence-corrected chi connectivity index (χ0v) is 19.5. The van der Waals surface area contributed by atoms with E-state index in [4.69, 9.17) is 25.5 Å². The van der Waals surface area contributed by atoms with Gasteiger partial charge in [0, 0.05) is 18.9 Å². The smallest absolute Gasteiger partial charge is 0.221 e. The highest BCUT2D eigenvalue weighted by molar-refractivity contribution is 5.74. The second-order valence-electron chi connectivity index (χ2n) is 7.18. The molecule has 35 heavy (non-hydrogen) atoms. The predicted octanol–water partition coefficient (Wildman–Crippen LogP) is 3.28. The second-order valence-corrected chi connectivity index (χ2v) is 7.18. The molecule has 0 saturated heterocycles. The average Bonchev–Trinajstić information content (AvgIpc) is 2.88. The Labute approximate surface area is 203 Å². The van der Waals surface area contributed by atoms with Gasteiger partial charge in [-0.05, 0) is 30.3 Å². The second kappa shape index (κ2) is 12.7. The van der Waals surface area contributed by atoms with Gasteiger partial charge in [0.2, 0.25) is 5.95 Å². The molecule has 180 valence electrons. The van der Waals surface area contributed by atoms with Gasteiger partial charge in [-0.1, -0.05) is 12.1 Å². The Morgan fingerprint density at radius 3 is 2.69 bits per heavy atom. The molecule has 0 aliphatic heterocycles. The lowest BCUT2D eigenvalue weighted by atomic mass is 10.1. The van der Waals surface area contributed by atoms with Gasteiger partial charge < -0.3 is 25.3 Å². The summed E-state index contributed by atoms with van der Waals surface area (Å²) in [6, 6.07) is 14.5. The van der Waals surface area contributed by atoms with Gasteiger partial charge in [-0.15, -0.1) is 0 Å². The molecular formula is C24H26N8O3. The third-order valence-electron chi connectivity index (χ3n) is 4.81. The van der Waals surface area contributed by atoms with Crippen molar-refractivity contribution in [2.45, 2.75) is 13.2 Å². The highest BCUT2D eigenvalue weighted by atomic mass is 16.5. The topological polar surface area (TPSA) is 164 Å². The number of nitrogens with one attached hydrogen (secondary N) is 2. The highest BCUT2D eigenvalue weighted by Crippen LogP contribution is 2.33. The Kier molecular flexibility index (Phi) is 9.18. The molecule has 0 radical (unpaired) electrons. The van der Waals surface area contributed by atoms with Crippen LogP contribution in [0.1, 0.15) is 22.6 Å². The normalized spacial score (nSPS) is 11.1. The van der Waals surface area contributed by atoms with Crippen molar-refractivity contribution in [3.8, 4) is 23.1 Å². The van der Waals surface area contributed by atoms with Crippen LogP contribution in [0.2, 0.25) is 0 Å². The first-order chi connectivity index (χ1) is 17.1. The molecule has 0 amide bonds. The van der Waals surface area contributed by atoms with Crippen LogP contribution in [0.3, 0.4) is 0 Å². The summed E-state index contributed by atoms with van der Waals surface area (Å²) in [6.07, 6.45) is 1.56. The molecule has 0 atom stereocenters. The number of ether oxygens (including phenoxy) is 3. The molecule has 0 aliphatic rings. The quantitative estimate of drug-likeness (QED) is 0.264. The lowest BCUT2D eigenvalue weighted by Gasteiger charge is -2.11. The van der Waals surface area contributed by atoms with E-state index in [1.165, 1.54) is 7.11 Å². The number of benzene rings is 1. The summed E-state index contributed by atoms with van der Waals surface area (Å²) < 4.78 is 15.9. The molecule has 3 aromatic rings. The van der Waals surface area contributed by atoms with Crippen LogP contribution in [0.5, 0.6) is 5.75 Å². The predicted molar refractivity (Wildman–Crippen MR) is 129 cm³/mol. The van der Waals surface area contributed by atoms with E-state index in [9.17, 15) is 5.26 Å². The number of nitrogens with two attached hydrogens (primary N) is 1. The number of nitrogen functional groups attached to an aromatic ring is 1. The maximum Gasteiger partial charge on any atom is 0.221 e. The Bertz CT molecular complexity index is 1240. The van der Waals surface area contributed by atoms with Crippen LogP contribution < -0.4 is 15.8 Å². The first-order valence-electron chi connectivity index (χ1n) is 10.6. The fraction of sp³-hybridized carbons (Fsp3) is 0.250. The van der Waals surface area contributed by atoms with Crippen molar-refractivity contribution in [2.24, 2.45) is 5.11 Å². The highest BCUT2D eigenvalue weighted by Gasteiger charge is 2.15. The summed E-state index contributed by atoms with van der Waals surface area (Å²) in [5.74, 6) is 0.377. The monoisotopic (exact) mass is 474 g/mol. The van der Waals surface area contributed by atoms with Gasteiger partial charge in [-0.25, -0.2) is 15.5 Å². The standard InChI is InChI=1S/C24H26N8O3/c1-33-9-10-35-15-18-7-4-6-17(29-18)13-28-14-22(32-27)21-11-20(30-24(26)31-21)19-8-3-5-16(12-25)23(19)34-2/h3-8,11,14,27-28H,9-10,13,15H2,1-2H3,(H2,26,30,31)/b22-14-,32-27?. The summed E-state index contributed by atoms with van der Waals surface area (Å²) >= 11 is 0. The van der Waals surface area contributed by atoms with E-state index in [-0.39, 0.29) is 11.6 Å². The molecule has 11 nitrogen and oxygen atoms in total. The first-order valence-corrected chi connectivity index (χ1v) is 10.6. The Balaban J connectivity index is 1.78. The molecule has 11 heteroatoms. The van der Waals surface area contributed by atoms with Gasteiger partial charge in [0.05, 0.1) is 61.8 Å². The molecule has 4 N–H and O–H groups in total. The number of para-hydroxylation sites is 1. The van der Waals surface area contributed by atoms with Crippen LogP contribution in [0.15, 0.2) is 53.8 Å². The van der Waals surface area contributed by atoms with Crippen molar-refractivity contribution < 1.29 is 14.2 Å². The van der Waals surface area contributed by atoms with Crippen molar-refractivity contribution in [2.75, 3.05) is 33.2 Å². The molecule has 0 bridgehead atoms. The van der Waals surface area contributed by atoms with Crippen LogP contribution in [0, 0.1) is 16.9 Å². The molecule has 1 aromatic carbocycles. The van der Waals surface area contributed by atoms with E-state index in [0.717, 1.165) is 11.4 Å². The molecule has 0 fully saturated rings. The number of anilines is 1. The van der Waals surface area contributed by atoms with Crippen LogP contribution in [0.4, 0.5) is 5.95 Å². The number of rotatable bonds is 12. The summed E-state index contributed by atoms with van der Waals surface area (Å²) in [7, 11) is 3.10. The number of nitriles is 1. The third-order valence-corrected chi connectivity index (χ3v) is 4.81. The maximum absolute atomic E-state index is 9.37. The molecule has 0 spiro atoms. The molecule has 0 saturated carbocycles. The molecule has 2 aromatic heterocycles. The Hall–Kier alpha value is -4.40. The minimum Gasteiger partial charge on any atom is -0.495 e. The van der Waals surface area contributed by atoms with E-state index < -0.39 is 0 Å². The summed E-state index contributed by atoms with van der Waals surface area (Å²) in [5, 5.41) is 16.1.